The number of ketones is 1. The van der Waals surface area contributed by atoms with Crippen molar-refractivity contribution in [2.24, 2.45) is 17.3 Å². The molecule has 6 heteroatoms. The van der Waals surface area contributed by atoms with Gasteiger partial charge in [-0.2, -0.15) is 8.78 Å². The summed E-state index contributed by atoms with van der Waals surface area (Å²) in [5, 5.41) is 0. The summed E-state index contributed by atoms with van der Waals surface area (Å²) in [7, 11) is 0. The average Bonchev–Trinajstić information content (AvgIpc) is 3.04. The van der Waals surface area contributed by atoms with Gasteiger partial charge in [-0.15, -0.1) is 0 Å². The third kappa shape index (κ3) is 4.60. The Morgan fingerprint density at radius 2 is 2.06 bits per heavy atom. The van der Waals surface area contributed by atoms with E-state index in [2.05, 4.69) is 19.1 Å². The van der Waals surface area contributed by atoms with E-state index in [1.807, 2.05) is 6.07 Å². The van der Waals surface area contributed by atoms with Gasteiger partial charge in [0.1, 0.15) is 17.6 Å². The Bertz CT molecular complexity index is 907. The molecule has 2 saturated carbocycles. The highest BCUT2D eigenvalue weighted by molar-refractivity contribution is 5.87. The van der Waals surface area contributed by atoms with Crippen molar-refractivity contribution in [1.82, 2.24) is 0 Å². The van der Waals surface area contributed by atoms with E-state index < -0.39 is 18.2 Å². The minimum atomic E-state index is -1.85. The van der Waals surface area contributed by atoms with Crippen molar-refractivity contribution < 1.29 is 27.8 Å². The number of carbonyl (C=O) groups excluding carboxylic acids is 2. The van der Waals surface area contributed by atoms with E-state index in [9.17, 15) is 18.4 Å². The predicted molar refractivity (Wildman–Crippen MR) is 117 cm³/mol. The lowest BCUT2D eigenvalue weighted by molar-refractivity contribution is -0.144. The molecule has 0 aromatic heterocycles. The molecule has 4 nitrogen and oxygen atoms in total. The molecule has 0 heterocycles. The van der Waals surface area contributed by atoms with Crippen LogP contribution >= 0.6 is 0 Å². The Labute approximate surface area is 188 Å². The fourth-order valence-corrected chi connectivity index (χ4v) is 6.42. The van der Waals surface area contributed by atoms with Crippen LogP contribution in [-0.2, 0) is 20.7 Å². The van der Waals surface area contributed by atoms with Crippen LogP contribution in [0.15, 0.2) is 30.4 Å². The molecule has 3 aliphatic carbocycles. The van der Waals surface area contributed by atoms with Gasteiger partial charge in [0.25, 0.3) is 6.08 Å². The van der Waals surface area contributed by atoms with Crippen molar-refractivity contribution in [3.63, 3.8) is 0 Å². The number of aryl methyl sites for hydroxylation is 1. The van der Waals surface area contributed by atoms with Gasteiger partial charge < -0.3 is 9.47 Å². The molecule has 4 rings (SSSR count). The smallest absolute Gasteiger partial charge is 0.303 e. The molecule has 0 amide bonds. The normalized spacial score (nSPS) is 29.4. The Hall–Kier alpha value is -2.24. The van der Waals surface area contributed by atoms with Crippen LogP contribution in [-0.4, -0.2) is 24.5 Å². The Balaban J connectivity index is 1.35. The zero-order valence-corrected chi connectivity index (χ0v) is 18.9. The quantitative estimate of drug-likeness (QED) is 0.382. The molecule has 0 aliphatic heterocycles. The molecule has 1 unspecified atom stereocenters. The van der Waals surface area contributed by atoms with Gasteiger partial charge in [-0.1, -0.05) is 13.0 Å². The van der Waals surface area contributed by atoms with Crippen LogP contribution in [0.5, 0.6) is 5.75 Å². The maximum absolute atomic E-state index is 12.5. The first-order chi connectivity index (χ1) is 15.3. The molecule has 0 N–H and O–H groups in total. The topological polar surface area (TPSA) is 52.6 Å². The van der Waals surface area contributed by atoms with Gasteiger partial charge in [0.15, 0.2) is 0 Å². The lowest BCUT2D eigenvalue weighted by Crippen LogP contribution is -2.42. The lowest BCUT2D eigenvalue weighted by atomic mass is 9.55. The third-order valence-electron chi connectivity index (χ3n) is 7.94. The number of Topliss-reactive ketones (excluding diaryl/α,β-unsaturated/α-hetero) is 1. The van der Waals surface area contributed by atoms with Crippen molar-refractivity contribution in [2.75, 3.05) is 6.61 Å². The minimum absolute atomic E-state index is 0.105. The standard InChI is InChI=1S/C26H32F2O4/c1-16(29)32-19(15-25(27)28)4-3-13-31-18-6-8-20-17(14-18)5-7-22-21(20)11-12-26(2)23(22)9-10-24(26)30/h6,8,14-15,19,21-23H,3-5,7,9-13H2,1-2H3/t19?,21-,22-,23+,26+/m1/s1. The van der Waals surface area contributed by atoms with Crippen LogP contribution in [0.4, 0.5) is 8.78 Å². The summed E-state index contributed by atoms with van der Waals surface area (Å²) in [6.45, 7) is 3.77. The summed E-state index contributed by atoms with van der Waals surface area (Å²) in [6, 6.07) is 6.30. The largest absolute Gasteiger partial charge is 0.494 e. The molecular weight excluding hydrogens is 414 g/mol. The van der Waals surface area contributed by atoms with Gasteiger partial charge in [0, 0.05) is 24.8 Å². The molecule has 174 valence electrons. The summed E-state index contributed by atoms with van der Waals surface area (Å²) in [5.41, 5.74) is 2.64. The number of benzene rings is 1. The SMILES string of the molecule is CC(=O)OC(C=C(F)F)CCCOc1ccc2c(c1)CC[C@@H]1[C@@H]2CC[C@]2(C)C(=O)CC[C@@H]12. The van der Waals surface area contributed by atoms with Crippen LogP contribution < -0.4 is 4.74 Å². The maximum atomic E-state index is 12.5. The van der Waals surface area contributed by atoms with E-state index in [0.717, 1.165) is 44.3 Å². The Morgan fingerprint density at radius 3 is 2.81 bits per heavy atom. The van der Waals surface area contributed by atoms with Crippen LogP contribution in [0.25, 0.3) is 0 Å². The molecule has 1 aromatic rings. The zero-order chi connectivity index (χ0) is 22.9. The Kier molecular flexibility index (Phi) is 6.68. The summed E-state index contributed by atoms with van der Waals surface area (Å²) < 4.78 is 35.8. The monoisotopic (exact) mass is 446 g/mol. The predicted octanol–water partition coefficient (Wildman–Crippen LogP) is 5.98. The summed E-state index contributed by atoms with van der Waals surface area (Å²) >= 11 is 0. The van der Waals surface area contributed by atoms with Crippen LogP contribution in [0.1, 0.15) is 75.8 Å². The number of hydrogen-bond acceptors (Lipinski definition) is 4. The van der Waals surface area contributed by atoms with Gasteiger partial charge in [-0.25, -0.2) is 0 Å². The van der Waals surface area contributed by atoms with Crippen molar-refractivity contribution in [3.8, 4) is 5.75 Å². The van der Waals surface area contributed by atoms with E-state index in [1.54, 1.807) is 0 Å². The molecule has 3 aliphatic rings. The highest BCUT2D eigenvalue weighted by Crippen LogP contribution is 2.59. The molecule has 0 radical (unpaired) electrons. The molecule has 0 bridgehead atoms. The fraction of sp³-hybridized carbons (Fsp3) is 0.615. The van der Waals surface area contributed by atoms with Gasteiger partial charge in [0.2, 0.25) is 0 Å². The van der Waals surface area contributed by atoms with Gasteiger partial charge in [-0.3, -0.25) is 9.59 Å². The van der Waals surface area contributed by atoms with E-state index >= 15 is 0 Å². The van der Waals surface area contributed by atoms with E-state index in [1.165, 1.54) is 18.1 Å². The van der Waals surface area contributed by atoms with Gasteiger partial charge in [-0.05, 0) is 86.0 Å². The maximum Gasteiger partial charge on any atom is 0.303 e. The summed E-state index contributed by atoms with van der Waals surface area (Å²) in [6.07, 6.45) is 4.66. The van der Waals surface area contributed by atoms with Crippen molar-refractivity contribution in [3.05, 3.63) is 41.5 Å². The summed E-state index contributed by atoms with van der Waals surface area (Å²) in [4.78, 5) is 23.6. The number of fused-ring (bicyclic) bond motifs is 5. The third-order valence-corrected chi connectivity index (χ3v) is 7.94. The van der Waals surface area contributed by atoms with E-state index in [0.29, 0.717) is 42.6 Å². The number of ether oxygens (including phenoxy) is 2. The number of esters is 1. The number of hydrogen-bond donors (Lipinski definition) is 0. The molecule has 0 saturated heterocycles. The second-order valence-electron chi connectivity index (χ2n) is 9.79. The van der Waals surface area contributed by atoms with Crippen molar-refractivity contribution >= 4 is 11.8 Å². The molecule has 5 atom stereocenters. The molecule has 0 spiro atoms. The van der Waals surface area contributed by atoms with Crippen LogP contribution in [0.3, 0.4) is 0 Å². The number of halogens is 2. The molecule has 32 heavy (non-hydrogen) atoms. The zero-order valence-electron chi connectivity index (χ0n) is 18.9. The first-order valence-corrected chi connectivity index (χ1v) is 11.8. The van der Waals surface area contributed by atoms with Crippen LogP contribution in [0, 0.1) is 17.3 Å². The second kappa shape index (κ2) is 9.32. The minimum Gasteiger partial charge on any atom is -0.494 e. The summed E-state index contributed by atoms with van der Waals surface area (Å²) in [5.74, 6) is 2.33. The van der Waals surface area contributed by atoms with Crippen LogP contribution in [0.2, 0.25) is 0 Å². The van der Waals surface area contributed by atoms with Crippen molar-refractivity contribution in [2.45, 2.75) is 77.2 Å². The average molecular weight is 447 g/mol. The van der Waals surface area contributed by atoms with Gasteiger partial charge in [0.05, 0.1) is 6.61 Å². The molecule has 2 fully saturated rings. The second-order valence-corrected chi connectivity index (χ2v) is 9.79. The molecule has 1 aromatic carbocycles. The highest BCUT2D eigenvalue weighted by Gasteiger charge is 2.54. The van der Waals surface area contributed by atoms with E-state index in [4.69, 9.17) is 9.47 Å². The van der Waals surface area contributed by atoms with E-state index in [-0.39, 0.29) is 11.8 Å². The van der Waals surface area contributed by atoms with Gasteiger partial charge >= 0.3 is 5.97 Å². The Morgan fingerprint density at radius 1 is 1.25 bits per heavy atom. The lowest BCUT2D eigenvalue weighted by Gasteiger charge is -2.48. The number of carbonyl (C=O) groups is 2. The highest BCUT2D eigenvalue weighted by atomic mass is 19.3. The fourth-order valence-electron chi connectivity index (χ4n) is 6.42. The first-order valence-electron chi connectivity index (χ1n) is 11.8. The number of rotatable bonds is 7. The molecular formula is C26H32F2O4. The van der Waals surface area contributed by atoms with Crippen molar-refractivity contribution in [1.29, 1.82) is 0 Å². The first kappa shape index (κ1) is 22.9.